The zero-order chi connectivity index (χ0) is 9.42. The van der Waals surface area contributed by atoms with Crippen molar-refractivity contribution in [2.75, 3.05) is 5.32 Å². The summed E-state index contributed by atoms with van der Waals surface area (Å²) in [6.45, 7) is 0. The minimum atomic E-state index is 0.702. The summed E-state index contributed by atoms with van der Waals surface area (Å²) in [4.78, 5) is 1.02. The molecule has 68 valence electrons. The molecule has 1 aliphatic rings. The summed E-state index contributed by atoms with van der Waals surface area (Å²) in [6, 6.07) is 3.72. The summed E-state index contributed by atoms with van der Waals surface area (Å²) in [7, 11) is 0. The minimum Gasteiger partial charge on any atom is -0.332 e. The molecule has 2 nitrogen and oxygen atoms in total. The van der Waals surface area contributed by atoms with E-state index in [1.807, 2.05) is 12.1 Å². The number of amidine groups is 1. The molecule has 1 aromatic carbocycles. The Balaban J connectivity index is 2.52. The van der Waals surface area contributed by atoms with Crippen molar-refractivity contribution in [2.24, 2.45) is 4.40 Å². The van der Waals surface area contributed by atoms with Crippen molar-refractivity contribution in [2.45, 2.75) is 4.90 Å². The van der Waals surface area contributed by atoms with Gasteiger partial charge in [-0.05, 0) is 44.0 Å². The molecule has 0 aromatic heterocycles. The first kappa shape index (κ1) is 9.83. The van der Waals surface area contributed by atoms with Crippen LogP contribution < -0.4 is 5.32 Å². The number of hydrogen-bond donors (Lipinski definition) is 1. The molecule has 0 spiro atoms. The zero-order valence-corrected chi connectivity index (χ0v) is 10.9. The Morgan fingerprint density at radius 1 is 1.38 bits per heavy atom. The van der Waals surface area contributed by atoms with Gasteiger partial charge in [0.15, 0.2) is 4.74 Å². The van der Waals surface area contributed by atoms with Gasteiger partial charge in [-0.2, -0.15) is 4.40 Å². The number of nitrogens with one attached hydrogen (secondary N) is 1. The Morgan fingerprint density at radius 2 is 2.15 bits per heavy atom. The van der Waals surface area contributed by atoms with Gasteiger partial charge in [0, 0.05) is 21.4 Å². The smallest absolute Gasteiger partial charge is 0.182 e. The number of fused-ring (bicyclic) bond motifs is 1. The molecule has 0 amide bonds. The van der Waals surface area contributed by atoms with Crippen LogP contribution in [0.25, 0.3) is 0 Å². The first-order valence-electron chi connectivity index (χ1n) is 3.33. The van der Waals surface area contributed by atoms with Crippen LogP contribution in [-0.2, 0) is 0 Å². The first-order chi connectivity index (χ1) is 6.16. The van der Waals surface area contributed by atoms with Crippen LogP contribution in [0.3, 0.4) is 0 Å². The lowest BCUT2D eigenvalue weighted by Gasteiger charge is -2.15. The highest BCUT2D eigenvalue weighted by molar-refractivity contribution is 9.18. The Kier molecular flexibility index (Phi) is 2.88. The highest BCUT2D eigenvalue weighted by atomic mass is 79.9. The van der Waals surface area contributed by atoms with E-state index < -0.39 is 0 Å². The van der Waals surface area contributed by atoms with Crippen molar-refractivity contribution >= 4 is 65.8 Å². The summed E-state index contributed by atoms with van der Waals surface area (Å²) in [5.41, 5.74) is 0.997. The molecule has 1 aromatic rings. The molecular formula is C7H3Br2ClN2S. The third-order valence-corrected chi connectivity index (χ3v) is 3.72. The minimum absolute atomic E-state index is 0.702. The second-order valence-electron chi connectivity index (χ2n) is 2.36. The van der Waals surface area contributed by atoms with E-state index in [4.69, 9.17) is 11.6 Å². The third-order valence-electron chi connectivity index (χ3n) is 1.47. The van der Waals surface area contributed by atoms with E-state index in [9.17, 15) is 0 Å². The third kappa shape index (κ3) is 2.03. The Labute approximate surface area is 102 Å². The Morgan fingerprint density at radius 3 is 2.92 bits per heavy atom. The molecule has 0 atom stereocenters. The maximum atomic E-state index is 5.89. The lowest BCUT2D eigenvalue weighted by Crippen LogP contribution is -2.07. The molecular weight excluding hydrogens is 339 g/mol. The molecule has 1 N–H and O–H groups in total. The average molecular weight is 342 g/mol. The van der Waals surface area contributed by atoms with Crippen LogP contribution >= 0.6 is 55.4 Å². The highest BCUT2D eigenvalue weighted by Crippen LogP contribution is 2.40. The van der Waals surface area contributed by atoms with Gasteiger partial charge in [-0.25, -0.2) is 0 Å². The van der Waals surface area contributed by atoms with Gasteiger partial charge in [-0.1, -0.05) is 11.6 Å². The van der Waals surface area contributed by atoms with Crippen LogP contribution in [0.4, 0.5) is 5.69 Å². The van der Waals surface area contributed by atoms with E-state index in [1.54, 1.807) is 0 Å². The molecule has 1 heterocycles. The average Bonchev–Trinajstić information content (AvgIpc) is 2.06. The maximum Gasteiger partial charge on any atom is 0.182 e. The SMILES string of the molecule is Clc1cc(Br)c2c(c1)SN=C(Br)N2. The molecule has 0 saturated heterocycles. The number of rotatable bonds is 0. The summed E-state index contributed by atoms with van der Waals surface area (Å²) >= 11 is 14.0. The molecule has 0 radical (unpaired) electrons. The van der Waals surface area contributed by atoms with Gasteiger partial charge >= 0.3 is 0 Å². The normalized spacial score (nSPS) is 14.5. The predicted octanol–water partition coefficient (Wildman–Crippen LogP) is 4.29. The summed E-state index contributed by atoms with van der Waals surface area (Å²) in [5, 5.41) is 3.80. The molecule has 1 aliphatic heterocycles. The second-order valence-corrected chi connectivity index (χ2v) is 5.21. The lowest BCUT2D eigenvalue weighted by molar-refractivity contribution is 1.40. The fourth-order valence-corrected chi connectivity index (χ4v) is 3.14. The van der Waals surface area contributed by atoms with Crippen molar-refractivity contribution < 1.29 is 0 Å². The molecule has 0 saturated carbocycles. The summed E-state index contributed by atoms with van der Waals surface area (Å²) in [5.74, 6) is 0. The fraction of sp³-hybridized carbons (Fsp3) is 0. The molecule has 0 fully saturated rings. The number of hydrogen-bond acceptors (Lipinski definition) is 3. The van der Waals surface area contributed by atoms with E-state index in [-0.39, 0.29) is 0 Å². The number of halogens is 3. The van der Waals surface area contributed by atoms with Gasteiger partial charge in [0.2, 0.25) is 0 Å². The standard InChI is InChI=1S/C7H3Br2ClN2S/c8-4-1-3(10)2-5-6(4)11-7(9)12-13-5/h1-2H,(H,11,12). The van der Waals surface area contributed by atoms with Gasteiger partial charge in [0.1, 0.15) is 0 Å². The fourth-order valence-electron chi connectivity index (χ4n) is 0.959. The van der Waals surface area contributed by atoms with Crippen molar-refractivity contribution in [3.05, 3.63) is 21.6 Å². The molecule has 13 heavy (non-hydrogen) atoms. The van der Waals surface area contributed by atoms with Crippen LogP contribution in [0.5, 0.6) is 0 Å². The van der Waals surface area contributed by atoms with Crippen molar-refractivity contribution in [3.63, 3.8) is 0 Å². The van der Waals surface area contributed by atoms with Crippen LogP contribution in [0.1, 0.15) is 0 Å². The Bertz CT molecular complexity index is 394. The van der Waals surface area contributed by atoms with Gasteiger partial charge in [0.25, 0.3) is 0 Å². The second kappa shape index (κ2) is 3.81. The Hall–Kier alpha value is 0.290. The van der Waals surface area contributed by atoms with Crippen molar-refractivity contribution in [3.8, 4) is 0 Å². The van der Waals surface area contributed by atoms with Gasteiger partial charge < -0.3 is 5.32 Å². The van der Waals surface area contributed by atoms with E-state index in [2.05, 4.69) is 41.6 Å². The highest BCUT2D eigenvalue weighted by Gasteiger charge is 2.14. The topological polar surface area (TPSA) is 24.4 Å². The van der Waals surface area contributed by atoms with Gasteiger partial charge in [-0.3, -0.25) is 0 Å². The predicted molar refractivity (Wildman–Crippen MR) is 65.0 cm³/mol. The zero-order valence-electron chi connectivity index (χ0n) is 6.14. The van der Waals surface area contributed by atoms with Crippen LogP contribution in [0.2, 0.25) is 5.02 Å². The van der Waals surface area contributed by atoms with E-state index in [0.29, 0.717) is 9.77 Å². The van der Waals surface area contributed by atoms with Crippen molar-refractivity contribution in [1.82, 2.24) is 0 Å². The van der Waals surface area contributed by atoms with E-state index in [1.165, 1.54) is 11.9 Å². The van der Waals surface area contributed by atoms with Crippen molar-refractivity contribution in [1.29, 1.82) is 0 Å². The molecule has 2 rings (SSSR count). The van der Waals surface area contributed by atoms with E-state index in [0.717, 1.165) is 15.1 Å². The van der Waals surface area contributed by atoms with Gasteiger partial charge in [0.05, 0.1) is 10.6 Å². The van der Waals surface area contributed by atoms with Crippen LogP contribution in [-0.4, -0.2) is 4.74 Å². The van der Waals surface area contributed by atoms with Crippen LogP contribution in [0.15, 0.2) is 25.9 Å². The number of nitrogens with zero attached hydrogens (tertiary/aromatic N) is 1. The maximum absolute atomic E-state index is 5.89. The number of anilines is 1. The van der Waals surface area contributed by atoms with Crippen LogP contribution in [0, 0.1) is 0 Å². The molecule has 0 bridgehead atoms. The summed E-state index contributed by atoms with van der Waals surface area (Å²) < 4.78 is 5.77. The molecule has 0 unspecified atom stereocenters. The summed E-state index contributed by atoms with van der Waals surface area (Å²) in [6.07, 6.45) is 0. The quantitative estimate of drug-likeness (QED) is 0.562. The molecule has 6 heteroatoms. The molecule has 0 aliphatic carbocycles. The monoisotopic (exact) mass is 340 g/mol. The van der Waals surface area contributed by atoms with E-state index >= 15 is 0 Å². The largest absolute Gasteiger partial charge is 0.332 e. The first-order valence-corrected chi connectivity index (χ1v) is 6.07. The van der Waals surface area contributed by atoms with Gasteiger partial charge in [-0.15, -0.1) is 0 Å². The lowest BCUT2D eigenvalue weighted by atomic mass is 10.3. The number of benzene rings is 1.